The molecule has 6 heteroatoms. The molecule has 1 aromatic carbocycles. The van der Waals surface area contributed by atoms with Crippen LogP contribution in [0.4, 0.5) is 17.6 Å². The Morgan fingerprint density at radius 2 is 1.72 bits per heavy atom. The summed E-state index contributed by atoms with van der Waals surface area (Å²) in [4.78, 5) is 3.39. The van der Waals surface area contributed by atoms with Crippen LogP contribution in [-0.2, 0) is 0 Å². The third-order valence-corrected chi connectivity index (χ3v) is 2.15. The highest BCUT2D eigenvalue weighted by Crippen LogP contribution is 2.33. The molecule has 0 radical (unpaired) electrons. The Labute approximate surface area is 99.8 Å². The second-order valence-corrected chi connectivity index (χ2v) is 3.41. The molecule has 0 saturated heterocycles. The Morgan fingerprint density at radius 3 is 2.33 bits per heavy atom. The molecule has 0 aliphatic heterocycles. The number of pyridine rings is 1. The molecule has 1 heterocycles. The fraction of sp³-hybridized carbons (Fsp3) is 0.0833. The maximum absolute atomic E-state index is 12.7. The first kappa shape index (κ1) is 12.3. The van der Waals surface area contributed by atoms with E-state index in [0.29, 0.717) is 5.56 Å². The molecular formula is C12H7F4NO. The van der Waals surface area contributed by atoms with E-state index in [1.165, 1.54) is 24.3 Å². The molecule has 2 rings (SSSR count). The highest BCUT2D eigenvalue weighted by Gasteiger charge is 2.32. The van der Waals surface area contributed by atoms with Crippen LogP contribution in [0.1, 0.15) is 0 Å². The monoisotopic (exact) mass is 257 g/mol. The number of hydrogen-bond donors (Lipinski definition) is 0. The highest BCUT2D eigenvalue weighted by atomic mass is 19.4. The third kappa shape index (κ3) is 2.97. The minimum absolute atomic E-state index is 0.197. The van der Waals surface area contributed by atoms with Crippen LogP contribution in [0.5, 0.6) is 5.75 Å². The maximum Gasteiger partial charge on any atom is 0.573 e. The van der Waals surface area contributed by atoms with Gasteiger partial charge in [-0.2, -0.15) is 4.39 Å². The number of hydrogen-bond acceptors (Lipinski definition) is 2. The molecule has 0 spiro atoms. The van der Waals surface area contributed by atoms with Crippen molar-refractivity contribution < 1.29 is 22.3 Å². The summed E-state index contributed by atoms with van der Waals surface area (Å²) in [5.74, 6) is -1.05. The Bertz CT molecular complexity index is 537. The molecular weight excluding hydrogens is 250 g/mol. The number of rotatable bonds is 2. The standard InChI is InChI=1S/C12H7F4NO/c13-11-6-5-8(7-17-11)9-3-1-2-4-10(9)18-12(14,15)16/h1-7H. The minimum atomic E-state index is -4.77. The number of benzene rings is 1. The largest absolute Gasteiger partial charge is 0.573 e. The number of alkyl halides is 3. The van der Waals surface area contributed by atoms with Gasteiger partial charge in [0, 0.05) is 17.3 Å². The molecule has 2 aromatic rings. The van der Waals surface area contributed by atoms with Crippen molar-refractivity contribution in [3.8, 4) is 16.9 Å². The van der Waals surface area contributed by atoms with Gasteiger partial charge in [0.2, 0.25) is 5.95 Å². The van der Waals surface area contributed by atoms with Crippen molar-refractivity contribution in [2.75, 3.05) is 0 Å². The lowest BCUT2D eigenvalue weighted by molar-refractivity contribution is -0.274. The predicted octanol–water partition coefficient (Wildman–Crippen LogP) is 3.79. The molecule has 0 N–H and O–H groups in total. The van der Waals surface area contributed by atoms with Crippen LogP contribution in [0.2, 0.25) is 0 Å². The van der Waals surface area contributed by atoms with E-state index in [-0.39, 0.29) is 11.3 Å². The van der Waals surface area contributed by atoms with Gasteiger partial charge >= 0.3 is 6.36 Å². The molecule has 2 nitrogen and oxygen atoms in total. The van der Waals surface area contributed by atoms with Gasteiger partial charge in [0.05, 0.1) is 0 Å². The van der Waals surface area contributed by atoms with Crippen molar-refractivity contribution in [3.05, 3.63) is 48.5 Å². The molecule has 0 unspecified atom stereocenters. The molecule has 0 aliphatic carbocycles. The SMILES string of the molecule is Fc1ccc(-c2ccccc2OC(F)(F)F)cn1. The fourth-order valence-electron chi connectivity index (χ4n) is 1.45. The van der Waals surface area contributed by atoms with Crippen LogP contribution >= 0.6 is 0 Å². The predicted molar refractivity (Wildman–Crippen MR) is 56.3 cm³/mol. The van der Waals surface area contributed by atoms with Crippen molar-refractivity contribution in [3.63, 3.8) is 0 Å². The number of halogens is 4. The molecule has 0 atom stereocenters. The minimum Gasteiger partial charge on any atom is -0.405 e. The van der Waals surface area contributed by atoms with Crippen LogP contribution in [0, 0.1) is 5.95 Å². The van der Waals surface area contributed by atoms with Crippen molar-refractivity contribution in [1.82, 2.24) is 4.98 Å². The normalized spacial score (nSPS) is 11.3. The van der Waals surface area contributed by atoms with Crippen LogP contribution in [0.3, 0.4) is 0 Å². The highest BCUT2D eigenvalue weighted by molar-refractivity contribution is 5.69. The molecule has 0 saturated carbocycles. The molecule has 94 valence electrons. The van der Waals surface area contributed by atoms with Crippen LogP contribution in [0.15, 0.2) is 42.6 Å². The van der Waals surface area contributed by atoms with E-state index in [1.54, 1.807) is 6.07 Å². The second-order valence-electron chi connectivity index (χ2n) is 3.41. The third-order valence-electron chi connectivity index (χ3n) is 2.15. The van der Waals surface area contributed by atoms with E-state index in [9.17, 15) is 17.6 Å². The Hall–Kier alpha value is -2.11. The second kappa shape index (κ2) is 4.64. The molecule has 0 bridgehead atoms. The number of aromatic nitrogens is 1. The summed E-state index contributed by atoms with van der Waals surface area (Å²) >= 11 is 0. The zero-order valence-electron chi connectivity index (χ0n) is 8.91. The lowest BCUT2D eigenvalue weighted by atomic mass is 10.1. The van der Waals surface area contributed by atoms with E-state index in [4.69, 9.17) is 0 Å². The Kier molecular flexibility index (Phi) is 3.18. The summed E-state index contributed by atoms with van der Waals surface area (Å²) in [6, 6.07) is 8.01. The number of nitrogens with zero attached hydrogens (tertiary/aromatic N) is 1. The Morgan fingerprint density at radius 1 is 1.00 bits per heavy atom. The van der Waals surface area contributed by atoms with Gasteiger partial charge in [0.25, 0.3) is 0 Å². The summed E-state index contributed by atoms with van der Waals surface area (Å²) in [5.41, 5.74) is 0.540. The number of ether oxygens (including phenoxy) is 1. The summed E-state index contributed by atoms with van der Waals surface area (Å²) in [7, 11) is 0. The van der Waals surface area contributed by atoms with Crippen molar-refractivity contribution in [2.45, 2.75) is 6.36 Å². The topological polar surface area (TPSA) is 22.1 Å². The average molecular weight is 257 g/mol. The smallest absolute Gasteiger partial charge is 0.405 e. The fourth-order valence-corrected chi connectivity index (χ4v) is 1.45. The molecule has 18 heavy (non-hydrogen) atoms. The van der Waals surface area contributed by atoms with E-state index in [1.807, 2.05) is 0 Å². The first-order valence-electron chi connectivity index (χ1n) is 4.92. The van der Waals surface area contributed by atoms with E-state index in [2.05, 4.69) is 9.72 Å². The van der Waals surface area contributed by atoms with Crippen molar-refractivity contribution in [1.29, 1.82) is 0 Å². The van der Waals surface area contributed by atoms with Crippen LogP contribution in [0.25, 0.3) is 11.1 Å². The van der Waals surface area contributed by atoms with Crippen molar-refractivity contribution >= 4 is 0 Å². The molecule has 1 aromatic heterocycles. The molecule has 0 amide bonds. The lowest BCUT2D eigenvalue weighted by Crippen LogP contribution is -2.17. The quantitative estimate of drug-likeness (QED) is 0.603. The summed E-state index contributed by atoms with van der Waals surface area (Å²) in [6.07, 6.45) is -3.63. The van der Waals surface area contributed by atoms with E-state index >= 15 is 0 Å². The van der Waals surface area contributed by atoms with Gasteiger partial charge in [-0.15, -0.1) is 13.2 Å². The summed E-state index contributed by atoms with van der Waals surface area (Å²) in [6.45, 7) is 0. The van der Waals surface area contributed by atoms with E-state index in [0.717, 1.165) is 12.3 Å². The Balaban J connectivity index is 2.41. The first-order chi connectivity index (χ1) is 8.46. The van der Waals surface area contributed by atoms with Crippen LogP contribution in [-0.4, -0.2) is 11.3 Å². The molecule has 0 fully saturated rings. The maximum atomic E-state index is 12.7. The summed E-state index contributed by atoms with van der Waals surface area (Å²) in [5, 5.41) is 0. The van der Waals surface area contributed by atoms with Crippen LogP contribution < -0.4 is 4.74 Å². The van der Waals surface area contributed by atoms with Gasteiger partial charge in [0.15, 0.2) is 0 Å². The number of para-hydroxylation sites is 1. The van der Waals surface area contributed by atoms with Gasteiger partial charge in [-0.05, 0) is 18.2 Å². The average Bonchev–Trinajstić information content (AvgIpc) is 2.29. The van der Waals surface area contributed by atoms with Gasteiger partial charge in [-0.3, -0.25) is 0 Å². The lowest BCUT2D eigenvalue weighted by Gasteiger charge is -2.12. The summed E-state index contributed by atoms with van der Waals surface area (Å²) < 4.78 is 53.2. The van der Waals surface area contributed by atoms with Gasteiger partial charge in [0.1, 0.15) is 5.75 Å². The van der Waals surface area contributed by atoms with E-state index < -0.39 is 12.3 Å². The first-order valence-corrected chi connectivity index (χ1v) is 4.92. The zero-order valence-corrected chi connectivity index (χ0v) is 8.91. The van der Waals surface area contributed by atoms with Gasteiger partial charge in [-0.25, -0.2) is 4.98 Å². The van der Waals surface area contributed by atoms with Gasteiger partial charge in [-0.1, -0.05) is 18.2 Å². The molecule has 0 aliphatic rings. The van der Waals surface area contributed by atoms with Gasteiger partial charge < -0.3 is 4.74 Å². The van der Waals surface area contributed by atoms with Crippen molar-refractivity contribution in [2.24, 2.45) is 0 Å². The zero-order chi connectivity index (χ0) is 13.2.